The third kappa shape index (κ3) is 3.51. The highest BCUT2D eigenvalue weighted by Crippen LogP contribution is 2.32. The molecule has 28 heavy (non-hydrogen) atoms. The van der Waals surface area contributed by atoms with Gasteiger partial charge in [-0.1, -0.05) is 35.4 Å². The molecule has 0 radical (unpaired) electrons. The molecule has 0 atom stereocenters. The highest BCUT2D eigenvalue weighted by atomic mass is 35.5. The van der Waals surface area contributed by atoms with Crippen molar-refractivity contribution in [1.29, 1.82) is 0 Å². The van der Waals surface area contributed by atoms with Crippen molar-refractivity contribution in [2.45, 2.75) is 20.8 Å². The fourth-order valence-electron chi connectivity index (χ4n) is 3.18. The number of rotatable bonds is 3. The molecule has 140 valence electrons. The number of oxazole rings is 1. The van der Waals surface area contributed by atoms with Crippen LogP contribution in [-0.4, -0.2) is 10.9 Å². The van der Waals surface area contributed by atoms with Crippen molar-refractivity contribution >= 4 is 34.3 Å². The first-order chi connectivity index (χ1) is 13.4. The van der Waals surface area contributed by atoms with Gasteiger partial charge in [0.15, 0.2) is 5.58 Å². The van der Waals surface area contributed by atoms with Crippen LogP contribution in [-0.2, 0) is 0 Å². The number of carbonyl (C=O) groups is 1. The van der Waals surface area contributed by atoms with E-state index in [4.69, 9.17) is 16.0 Å². The minimum absolute atomic E-state index is 0.168. The first kappa shape index (κ1) is 18.3. The molecule has 4 aromatic rings. The first-order valence-corrected chi connectivity index (χ1v) is 9.34. The summed E-state index contributed by atoms with van der Waals surface area (Å²) in [6.07, 6.45) is 0. The van der Waals surface area contributed by atoms with Crippen molar-refractivity contribution in [3.8, 4) is 11.5 Å². The number of aryl methyl sites for hydroxylation is 3. The Bertz CT molecular complexity index is 1210. The Morgan fingerprint density at radius 1 is 0.964 bits per heavy atom. The Balaban J connectivity index is 1.67. The van der Waals surface area contributed by atoms with Crippen LogP contribution in [0.3, 0.4) is 0 Å². The lowest BCUT2D eigenvalue weighted by Gasteiger charge is -2.10. The number of hydrogen-bond acceptors (Lipinski definition) is 3. The maximum absolute atomic E-state index is 12.7. The molecule has 0 saturated heterocycles. The molecule has 1 aromatic heterocycles. The molecule has 1 N–H and O–H groups in total. The highest BCUT2D eigenvalue weighted by molar-refractivity contribution is 6.33. The molecule has 3 aromatic carbocycles. The minimum atomic E-state index is -0.168. The zero-order chi connectivity index (χ0) is 19.8. The van der Waals surface area contributed by atoms with Gasteiger partial charge in [-0.2, -0.15) is 0 Å². The second-order valence-electron chi connectivity index (χ2n) is 6.96. The van der Waals surface area contributed by atoms with Crippen molar-refractivity contribution in [2.24, 2.45) is 0 Å². The monoisotopic (exact) mass is 390 g/mol. The third-order valence-electron chi connectivity index (χ3n) is 4.63. The van der Waals surface area contributed by atoms with Crippen LogP contribution < -0.4 is 5.32 Å². The van der Waals surface area contributed by atoms with Crippen LogP contribution in [0.2, 0.25) is 5.02 Å². The number of nitrogens with one attached hydrogen (secondary N) is 1. The summed E-state index contributed by atoms with van der Waals surface area (Å²) in [5, 5.41) is 3.44. The summed E-state index contributed by atoms with van der Waals surface area (Å²) in [5.74, 6) is 0.257. The lowest BCUT2D eigenvalue weighted by molar-refractivity contribution is 0.102. The topological polar surface area (TPSA) is 55.1 Å². The molecule has 0 bridgehead atoms. The fraction of sp³-hybridized carbons (Fsp3) is 0.130. The Morgan fingerprint density at radius 2 is 1.71 bits per heavy atom. The van der Waals surface area contributed by atoms with Crippen LogP contribution >= 0.6 is 11.6 Å². The van der Waals surface area contributed by atoms with Crippen LogP contribution in [0.5, 0.6) is 0 Å². The zero-order valence-corrected chi connectivity index (χ0v) is 16.6. The number of fused-ring (bicyclic) bond motifs is 1. The van der Waals surface area contributed by atoms with Gasteiger partial charge in [0.2, 0.25) is 5.89 Å². The van der Waals surface area contributed by atoms with Gasteiger partial charge in [-0.25, -0.2) is 4.98 Å². The number of carbonyl (C=O) groups excluding carboxylic acids is 1. The third-order valence-corrected chi connectivity index (χ3v) is 4.95. The Labute approximate surface area is 168 Å². The van der Waals surface area contributed by atoms with Gasteiger partial charge in [0, 0.05) is 11.3 Å². The molecule has 0 unspecified atom stereocenters. The molecular formula is C23H19ClN2O2. The van der Waals surface area contributed by atoms with Crippen LogP contribution in [0.25, 0.3) is 22.6 Å². The van der Waals surface area contributed by atoms with Gasteiger partial charge in [0.05, 0.1) is 10.6 Å². The molecule has 0 aliphatic heterocycles. The molecule has 1 heterocycles. The van der Waals surface area contributed by atoms with Crippen LogP contribution in [0, 0.1) is 20.8 Å². The number of halogens is 1. The average Bonchev–Trinajstić information content (AvgIpc) is 3.06. The molecule has 0 spiro atoms. The summed E-state index contributed by atoms with van der Waals surface area (Å²) in [7, 11) is 0. The van der Waals surface area contributed by atoms with Gasteiger partial charge >= 0.3 is 0 Å². The van der Waals surface area contributed by atoms with Gasteiger partial charge in [-0.05, 0) is 68.3 Å². The first-order valence-electron chi connectivity index (χ1n) is 8.96. The average molecular weight is 391 g/mol. The van der Waals surface area contributed by atoms with E-state index >= 15 is 0 Å². The molecule has 0 fully saturated rings. The summed E-state index contributed by atoms with van der Waals surface area (Å²) in [6.45, 7) is 5.93. The minimum Gasteiger partial charge on any atom is -0.436 e. The van der Waals surface area contributed by atoms with E-state index in [-0.39, 0.29) is 5.91 Å². The predicted molar refractivity (Wildman–Crippen MR) is 113 cm³/mol. The van der Waals surface area contributed by atoms with E-state index in [1.807, 2.05) is 57.2 Å². The summed E-state index contributed by atoms with van der Waals surface area (Å²) in [5.41, 5.74) is 6.51. The van der Waals surface area contributed by atoms with Crippen LogP contribution in [0.4, 0.5) is 5.69 Å². The van der Waals surface area contributed by atoms with Gasteiger partial charge in [0.25, 0.3) is 5.91 Å². The quantitative estimate of drug-likeness (QED) is 0.445. The Kier molecular flexibility index (Phi) is 4.65. The van der Waals surface area contributed by atoms with E-state index in [9.17, 15) is 4.79 Å². The number of benzene rings is 3. The van der Waals surface area contributed by atoms with E-state index in [0.717, 1.165) is 22.2 Å². The van der Waals surface area contributed by atoms with Gasteiger partial charge < -0.3 is 9.73 Å². The van der Waals surface area contributed by atoms with Crippen molar-refractivity contribution in [3.05, 3.63) is 81.9 Å². The molecular weight excluding hydrogens is 372 g/mol. The van der Waals surface area contributed by atoms with Crippen molar-refractivity contribution < 1.29 is 9.21 Å². The fourth-order valence-corrected chi connectivity index (χ4v) is 3.38. The number of hydrogen-bond donors (Lipinski definition) is 1. The largest absolute Gasteiger partial charge is 0.436 e. The second kappa shape index (κ2) is 7.13. The molecule has 1 amide bonds. The highest BCUT2D eigenvalue weighted by Gasteiger charge is 2.15. The van der Waals surface area contributed by atoms with Gasteiger partial charge in [-0.15, -0.1) is 0 Å². The van der Waals surface area contributed by atoms with E-state index in [2.05, 4.69) is 10.3 Å². The zero-order valence-electron chi connectivity index (χ0n) is 15.8. The van der Waals surface area contributed by atoms with Crippen LogP contribution in [0.1, 0.15) is 27.0 Å². The lowest BCUT2D eigenvalue weighted by atomic mass is 10.1. The number of amides is 1. The second-order valence-corrected chi connectivity index (χ2v) is 7.36. The predicted octanol–water partition coefficient (Wildman–Crippen LogP) is 6.33. The molecule has 0 aliphatic rings. The Hall–Kier alpha value is -3.11. The molecule has 0 saturated carbocycles. The van der Waals surface area contributed by atoms with Crippen molar-refractivity contribution in [1.82, 2.24) is 4.98 Å². The lowest BCUT2D eigenvalue weighted by Crippen LogP contribution is -2.13. The van der Waals surface area contributed by atoms with E-state index < -0.39 is 0 Å². The van der Waals surface area contributed by atoms with Gasteiger partial charge in [-0.3, -0.25) is 4.79 Å². The van der Waals surface area contributed by atoms with E-state index in [1.165, 1.54) is 0 Å². The van der Waals surface area contributed by atoms with E-state index in [1.54, 1.807) is 18.2 Å². The van der Waals surface area contributed by atoms with Crippen LogP contribution in [0.15, 0.2) is 59.0 Å². The number of aromatic nitrogens is 1. The molecule has 0 aliphatic carbocycles. The number of nitrogens with zero attached hydrogens (tertiary/aromatic N) is 1. The summed E-state index contributed by atoms with van der Waals surface area (Å²) in [6, 6.07) is 16.9. The summed E-state index contributed by atoms with van der Waals surface area (Å²) in [4.78, 5) is 17.2. The SMILES string of the molecule is Cc1ccc(C(=O)Nc2ccc(Cl)c(-c3nc4ccc(C)cc4o3)c2)c(C)c1. The smallest absolute Gasteiger partial charge is 0.255 e. The van der Waals surface area contributed by atoms with Crippen molar-refractivity contribution in [2.75, 3.05) is 5.32 Å². The maximum Gasteiger partial charge on any atom is 0.255 e. The molecule has 4 nitrogen and oxygen atoms in total. The summed E-state index contributed by atoms with van der Waals surface area (Å²) >= 11 is 6.37. The molecule has 4 rings (SSSR count). The maximum atomic E-state index is 12.7. The summed E-state index contributed by atoms with van der Waals surface area (Å²) < 4.78 is 5.88. The van der Waals surface area contributed by atoms with Crippen molar-refractivity contribution in [3.63, 3.8) is 0 Å². The number of anilines is 1. The standard InChI is InChI=1S/C23H19ClN2O2/c1-13-4-7-17(15(3)10-13)22(27)25-16-6-8-19(24)18(12-16)23-26-20-9-5-14(2)11-21(20)28-23/h4-12H,1-3H3,(H,25,27). The van der Waals surface area contributed by atoms with E-state index in [0.29, 0.717) is 33.3 Å². The molecule has 5 heteroatoms. The Morgan fingerprint density at radius 3 is 2.50 bits per heavy atom. The normalized spacial score (nSPS) is 11.0. The van der Waals surface area contributed by atoms with Gasteiger partial charge in [0.1, 0.15) is 5.52 Å².